The van der Waals surface area contributed by atoms with Crippen LogP contribution in [0.3, 0.4) is 0 Å². The molecule has 0 aliphatic carbocycles. The van der Waals surface area contributed by atoms with Crippen molar-refractivity contribution in [3.05, 3.63) is 23.1 Å². The van der Waals surface area contributed by atoms with E-state index >= 15 is 0 Å². The first kappa shape index (κ1) is 9.21. The van der Waals surface area contributed by atoms with E-state index in [-0.39, 0.29) is 5.56 Å². The number of alkyl halides is 2. The quantitative estimate of drug-likeness (QED) is 0.717. The number of halogens is 2. The van der Waals surface area contributed by atoms with Crippen molar-refractivity contribution in [2.75, 3.05) is 11.5 Å². The number of hydrogen-bond donors (Lipinski definition) is 2. The van der Waals surface area contributed by atoms with Gasteiger partial charge in [0.2, 0.25) is 0 Å². The highest BCUT2D eigenvalue weighted by molar-refractivity contribution is 7.17. The second kappa shape index (κ2) is 3.09. The first-order chi connectivity index (χ1) is 6.59. The lowest BCUT2D eigenvalue weighted by molar-refractivity contribution is 0.153. The van der Waals surface area contributed by atoms with Gasteiger partial charge in [0.25, 0.3) is 6.43 Å². The maximum atomic E-state index is 12.6. The molecule has 0 saturated carbocycles. The minimum Gasteiger partial charge on any atom is -0.399 e. The highest BCUT2D eigenvalue weighted by Gasteiger charge is 2.15. The third-order valence-corrected chi connectivity index (χ3v) is 2.94. The Balaban J connectivity index is 2.83. The van der Waals surface area contributed by atoms with Gasteiger partial charge in [-0.05, 0) is 12.1 Å². The first-order valence-electron chi connectivity index (χ1n) is 3.94. The van der Waals surface area contributed by atoms with Gasteiger partial charge in [-0.1, -0.05) is 0 Å². The van der Waals surface area contributed by atoms with E-state index in [1.807, 2.05) is 0 Å². The van der Waals surface area contributed by atoms with E-state index in [9.17, 15) is 8.78 Å². The van der Waals surface area contributed by atoms with Crippen molar-refractivity contribution in [3.8, 4) is 0 Å². The van der Waals surface area contributed by atoms with Gasteiger partial charge < -0.3 is 11.5 Å². The maximum Gasteiger partial charge on any atom is 0.264 e. The van der Waals surface area contributed by atoms with Crippen LogP contribution in [0.2, 0.25) is 0 Å². The smallest absolute Gasteiger partial charge is 0.264 e. The van der Waals surface area contributed by atoms with Gasteiger partial charge in [0.15, 0.2) is 0 Å². The average molecular weight is 214 g/mol. The van der Waals surface area contributed by atoms with Crippen molar-refractivity contribution in [2.45, 2.75) is 6.43 Å². The molecule has 0 bridgehead atoms. The molecule has 0 saturated heterocycles. The van der Waals surface area contributed by atoms with Crippen LogP contribution in [0.4, 0.5) is 20.2 Å². The monoisotopic (exact) mass is 214 g/mol. The summed E-state index contributed by atoms with van der Waals surface area (Å²) in [5.74, 6) is 0. The molecule has 2 aromatic rings. The fourth-order valence-corrected chi connectivity index (χ4v) is 2.35. The number of nitrogen functional groups attached to an aromatic ring is 2. The molecule has 2 nitrogen and oxygen atoms in total. The Hall–Kier alpha value is -1.36. The van der Waals surface area contributed by atoms with Crippen molar-refractivity contribution < 1.29 is 8.78 Å². The van der Waals surface area contributed by atoms with Gasteiger partial charge >= 0.3 is 0 Å². The summed E-state index contributed by atoms with van der Waals surface area (Å²) in [5.41, 5.74) is 11.8. The summed E-state index contributed by atoms with van der Waals surface area (Å²) in [7, 11) is 0. The summed E-state index contributed by atoms with van der Waals surface area (Å²) in [4.78, 5) is 0. The van der Waals surface area contributed by atoms with Crippen molar-refractivity contribution in [1.82, 2.24) is 0 Å². The van der Waals surface area contributed by atoms with Crippen molar-refractivity contribution in [1.29, 1.82) is 0 Å². The molecular weight excluding hydrogens is 206 g/mol. The lowest BCUT2D eigenvalue weighted by Crippen LogP contribution is -1.92. The van der Waals surface area contributed by atoms with Crippen LogP contribution in [0.25, 0.3) is 10.1 Å². The van der Waals surface area contributed by atoms with Crippen LogP contribution >= 0.6 is 11.3 Å². The zero-order valence-electron chi connectivity index (χ0n) is 7.13. The highest BCUT2D eigenvalue weighted by atomic mass is 32.1. The summed E-state index contributed by atoms with van der Waals surface area (Å²) < 4.78 is 26.0. The van der Waals surface area contributed by atoms with Crippen molar-refractivity contribution in [2.24, 2.45) is 0 Å². The van der Waals surface area contributed by atoms with E-state index in [2.05, 4.69) is 0 Å². The molecule has 0 aliphatic heterocycles. The average Bonchev–Trinajstić information content (AvgIpc) is 2.46. The molecular formula is C9H8F2N2S. The lowest BCUT2D eigenvalue weighted by Gasteiger charge is -2.04. The molecule has 0 amide bonds. The Morgan fingerprint density at radius 2 is 1.93 bits per heavy atom. The van der Waals surface area contributed by atoms with E-state index in [4.69, 9.17) is 11.5 Å². The van der Waals surface area contributed by atoms with Gasteiger partial charge in [-0.25, -0.2) is 8.78 Å². The first-order valence-corrected chi connectivity index (χ1v) is 4.82. The van der Waals surface area contributed by atoms with Crippen LogP contribution in [0.1, 0.15) is 12.0 Å². The molecule has 0 aliphatic rings. The molecule has 0 radical (unpaired) electrons. The fourth-order valence-electron chi connectivity index (χ4n) is 1.42. The van der Waals surface area contributed by atoms with Gasteiger partial charge in [0.05, 0.1) is 5.69 Å². The normalized spacial score (nSPS) is 11.4. The molecule has 5 heteroatoms. The van der Waals surface area contributed by atoms with Gasteiger partial charge in [-0.15, -0.1) is 11.3 Å². The second-order valence-corrected chi connectivity index (χ2v) is 3.89. The molecule has 4 N–H and O–H groups in total. The molecule has 1 aromatic carbocycles. The molecule has 74 valence electrons. The topological polar surface area (TPSA) is 52.0 Å². The highest BCUT2D eigenvalue weighted by Crippen LogP contribution is 2.37. The number of fused-ring (bicyclic) bond motifs is 1. The van der Waals surface area contributed by atoms with Crippen LogP contribution in [0.5, 0.6) is 0 Å². The number of hydrogen-bond acceptors (Lipinski definition) is 3. The van der Waals surface area contributed by atoms with Gasteiger partial charge in [0, 0.05) is 26.7 Å². The van der Waals surface area contributed by atoms with Crippen molar-refractivity contribution in [3.63, 3.8) is 0 Å². The third kappa shape index (κ3) is 1.29. The van der Waals surface area contributed by atoms with Crippen LogP contribution in [-0.4, -0.2) is 0 Å². The SMILES string of the molecule is Nc1cc(C(F)F)c2c(N)csc2c1. The van der Waals surface area contributed by atoms with Crippen LogP contribution in [0.15, 0.2) is 17.5 Å². The van der Waals surface area contributed by atoms with E-state index in [0.717, 1.165) is 0 Å². The fraction of sp³-hybridized carbons (Fsp3) is 0.111. The third-order valence-electron chi connectivity index (χ3n) is 1.99. The van der Waals surface area contributed by atoms with Crippen LogP contribution in [0, 0.1) is 0 Å². The summed E-state index contributed by atoms with van der Waals surface area (Å²) in [6.07, 6.45) is -2.54. The standard InChI is InChI=1S/C9H8F2N2S/c10-9(11)5-1-4(12)2-7-8(5)6(13)3-14-7/h1-3,9H,12-13H2. The molecule has 0 unspecified atom stereocenters. The number of benzene rings is 1. The Morgan fingerprint density at radius 1 is 1.21 bits per heavy atom. The van der Waals surface area contributed by atoms with E-state index in [0.29, 0.717) is 21.5 Å². The summed E-state index contributed by atoms with van der Waals surface area (Å²) in [5, 5.41) is 2.08. The Morgan fingerprint density at radius 3 is 2.57 bits per heavy atom. The molecule has 1 heterocycles. The predicted molar refractivity (Wildman–Crippen MR) is 55.6 cm³/mol. The Bertz CT molecular complexity index is 479. The second-order valence-electron chi connectivity index (χ2n) is 2.98. The van der Waals surface area contributed by atoms with Crippen LogP contribution < -0.4 is 11.5 Å². The molecule has 1 aromatic heterocycles. The number of thiophene rings is 1. The minimum absolute atomic E-state index is 0.0845. The Labute approximate surface area is 83.1 Å². The molecule has 0 fully saturated rings. The molecule has 14 heavy (non-hydrogen) atoms. The summed E-state index contributed by atoms with van der Waals surface area (Å²) in [6.45, 7) is 0. The zero-order chi connectivity index (χ0) is 10.3. The molecule has 0 spiro atoms. The van der Waals surface area contributed by atoms with Crippen molar-refractivity contribution >= 4 is 32.8 Å². The summed E-state index contributed by atoms with van der Waals surface area (Å²) in [6, 6.07) is 2.93. The number of anilines is 2. The summed E-state index contributed by atoms with van der Waals surface area (Å²) >= 11 is 1.32. The predicted octanol–water partition coefficient (Wildman–Crippen LogP) is 3.00. The number of rotatable bonds is 1. The maximum absolute atomic E-state index is 12.6. The zero-order valence-corrected chi connectivity index (χ0v) is 7.94. The lowest BCUT2D eigenvalue weighted by atomic mass is 10.1. The van der Waals surface area contributed by atoms with E-state index < -0.39 is 6.43 Å². The van der Waals surface area contributed by atoms with Gasteiger partial charge in [-0.2, -0.15) is 0 Å². The number of nitrogens with two attached hydrogens (primary N) is 2. The largest absolute Gasteiger partial charge is 0.399 e. The van der Waals surface area contributed by atoms with E-state index in [1.54, 1.807) is 11.4 Å². The van der Waals surface area contributed by atoms with E-state index in [1.165, 1.54) is 17.4 Å². The molecule has 2 rings (SSSR count). The van der Waals surface area contributed by atoms with Crippen LogP contribution in [-0.2, 0) is 0 Å². The molecule has 0 atom stereocenters. The van der Waals surface area contributed by atoms with Gasteiger partial charge in [0.1, 0.15) is 0 Å². The van der Waals surface area contributed by atoms with Gasteiger partial charge in [-0.3, -0.25) is 0 Å². The minimum atomic E-state index is -2.54. The Kier molecular flexibility index (Phi) is 2.03.